The van der Waals surface area contributed by atoms with Crippen LogP contribution in [0.1, 0.15) is 16.6 Å². The number of hydrogen-bond donors (Lipinski definition) is 1. The Morgan fingerprint density at radius 2 is 2.05 bits per heavy atom. The maximum absolute atomic E-state index is 12.3. The monoisotopic (exact) mass is 341 g/mol. The highest BCUT2D eigenvalue weighted by Gasteiger charge is 2.22. The van der Waals surface area contributed by atoms with Crippen molar-refractivity contribution in [1.29, 1.82) is 0 Å². The molecule has 0 bridgehead atoms. The second-order valence-corrected chi connectivity index (χ2v) is 7.68. The number of aromatic nitrogens is 2. The van der Waals surface area contributed by atoms with Gasteiger partial charge in [0, 0.05) is 6.26 Å². The first-order chi connectivity index (χ1) is 10.4. The lowest BCUT2D eigenvalue weighted by atomic mass is 10.1. The molecule has 1 aromatic carbocycles. The second kappa shape index (κ2) is 6.93. The first kappa shape index (κ1) is 16.5. The summed E-state index contributed by atoms with van der Waals surface area (Å²) in [4.78, 5) is 16.1. The number of rotatable bonds is 6. The Morgan fingerprint density at radius 3 is 2.64 bits per heavy atom. The Labute approximate surface area is 132 Å². The molecule has 1 aromatic heterocycles. The van der Waals surface area contributed by atoms with E-state index in [9.17, 15) is 13.2 Å². The van der Waals surface area contributed by atoms with Gasteiger partial charge >= 0.3 is 6.01 Å². The lowest BCUT2D eigenvalue weighted by Crippen LogP contribution is -2.19. The Bertz CT molecular complexity index is 744. The zero-order valence-corrected chi connectivity index (χ0v) is 13.6. The molecule has 0 aliphatic carbocycles. The van der Waals surface area contributed by atoms with E-state index in [1.54, 1.807) is 0 Å². The van der Waals surface area contributed by atoms with Gasteiger partial charge in [-0.05, 0) is 11.8 Å². The molecule has 1 atom stereocenters. The highest BCUT2D eigenvalue weighted by Crippen LogP contribution is 2.27. The van der Waals surface area contributed by atoms with Gasteiger partial charge in [0.1, 0.15) is 11.0 Å². The fraction of sp³-hybridized carbons (Fsp3) is 0.308. The van der Waals surface area contributed by atoms with Crippen LogP contribution in [-0.2, 0) is 20.4 Å². The van der Waals surface area contributed by atoms with Crippen LogP contribution in [0.25, 0.3) is 0 Å². The molecule has 2 aromatic rings. The summed E-state index contributed by atoms with van der Waals surface area (Å²) in [5.74, 6) is -0.636. The van der Waals surface area contributed by atoms with Gasteiger partial charge in [-0.2, -0.15) is 4.98 Å². The number of amides is 1. The smallest absolute Gasteiger partial charge is 0.315 e. The predicted molar refractivity (Wildman–Crippen MR) is 84.2 cm³/mol. The van der Waals surface area contributed by atoms with E-state index in [4.69, 9.17) is 4.52 Å². The van der Waals surface area contributed by atoms with Crippen molar-refractivity contribution in [2.24, 2.45) is 0 Å². The predicted octanol–water partition coefficient (Wildman–Crippen LogP) is 1.66. The SMILES string of the molecule is CSC(C(=O)Nc1nc(CS(C)(=O)=O)no1)c1ccccc1. The third kappa shape index (κ3) is 4.57. The third-order valence-corrected chi connectivity index (χ3v) is 4.41. The topological polar surface area (TPSA) is 102 Å². The fourth-order valence-corrected chi connectivity index (χ4v) is 3.08. The van der Waals surface area contributed by atoms with Gasteiger partial charge in [0.15, 0.2) is 15.7 Å². The van der Waals surface area contributed by atoms with Gasteiger partial charge in [0.05, 0.1) is 0 Å². The van der Waals surface area contributed by atoms with Gasteiger partial charge in [0.25, 0.3) is 0 Å². The molecule has 1 heterocycles. The van der Waals surface area contributed by atoms with Crippen LogP contribution in [0.4, 0.5) is 6.01 Å². The molecule has 9 heteroatoms. The van der Waals surface area contributed by atoms with Crippen LogP contribution < -0.4 is 5.32 Å². The lowest BCUT2D eigenvalue weighted by molar-refractivity contribution is -0.115. The van der Waals surface area contributed by atoms with E-state index in [1.165, 1.54) is 11.8 Å². The number of hydrogen-bond acceptors (Lipinski definition) is 7. The number of carbonyl (C=O) groups is 1. The quantitative estimate of drug-likeness (QED) is 0.852. The van der Waals surface area contributed by atoms with Crippen LogP contribution >= 0.6 is 11.8 Å². The molecule has 2 rings (SSSR count). The first-order valence-corrected chi connectivity index (χ1v) is 9.63. The standard InChI is InChI=1S/C13H15N3O4S2/c1-21-11(9-6-4-3-5-7-9)12(17)15-13-14-10(16-20-13)8-22(2,18)19/h3-7,11H,8H2,1-2H3,(H,14,15,16,17). The van der Waals surface area contributed by atoms with Gasteiger partial charge in [-0.15, -0.1) is 11.8 Å². The third-order valence-electron chi connectivity index (χ3n) is 2.67. The Kier molecular flexibility index (Phi) is 5.19. The summed E-state index contributed by atoms with van der Waals surface area (Å²) in [5.41, 5.74) is 0.850. The average molecular weight is 341 g/mol. The Morgan fingerprint density at radius 1 is 1.36 bits per heavy atom. The minimum atomic E-state index is -3.26. The number of nitrogens with zero attached hydrogens (tertiary/aromatic N) is 2. The number of benzene rings is 1. The summed E-state index contributed by atoms with van der Waals surface area (Å²) >= 11 is 1.37. The van der Waals surface area contributed by atoms with Gasteiger partial charge in [-0.1, -0.05) is 35.5 Å². The molecular weight excluding hydrogens is 326 g/mol. The maximum atomic E-state index is 12.3. The summed E-state index contributed by atoms with van der Waals surface area (Å²) in [6.45, 7) is 0. The Hall–Kier alpha value is -1.87. The largest absolute Gasteiger partial charge is 0.328 e. The fourth-order valence-electron chi connectivity index (χ4n) is 1.79. The highest BCUT2D eigenvalue weighted by atomic mass is 32.2. The van der Waals surface area contributed by atoms with Gasteiger partial charge in [-0.3, -0.25) is 10.1 Å². The van der Waals surface area contributed by atoms with Crippen LogP contribution in [0, 0.1) is 0 Å². The minimum absolute atomic E-state index is 0.0122. The summed E-state index contributed by atoms with van der Waals surface area (Å²) in [6.07, 6.45) is 2.89. The molecule has 0 fully saturated rings. The van der Waals surface area contributed by atoms with Gasteiger partial charge in [0.2, 0.25) is 5.91 Å². The van der Waals surface area contributed by atoms with Crippen molar-refractivity contribution in [2.75, 3.05) is 17.8 Å². The zero-order chi connectivity index (χ0) is 16.2. The molecule has 0 saturated heterocycles. The molecular formula is C13H15N3O4S2. The molecule has 0 aliphatic heterocycles. The van der Waals surface area contributed by atoms with E-state index in [0.717, 1.165) is 11.8 Å². The van der Waals surface area contributed by atoms with Gasteiger partial charge in [-0.25, -0.2) is 8.42 Å². The van der Waals surface area contributed by atoms with E-state index >= 15 is 0 Å². The molecule has 0 aliphatic rings. The number of sulfone groups is 1. The minimum Gasteiger partial charge on any atom is -0.315 e. The second-order valence-electron chi connectivity index (χ2n) is 4.60. The molecule has 0 saturated carbocycles. The summed E-state index contributed by atoms with van der Waals surface area (Å²) < 4.78 is 27.2. The summed E-state index contributed by atoms with van der Waals surface area (Å²) in [5, 5.41) is 5.60. The van der Waals surface area contributed by atoms with Crippen LogP contribution in [-0.4, -0.2) is 37.0 Å². The summed E-state index contributed by atoms with van der Waals surface area (Å²) in [6, 6.07) is 9.16. The molecule has 0 radical (unpaired) electrons. The van der Waals surface area contributed by atoms with Crippen LogP contribution in [0.15, 0.2) is 34.9 Å². The zero-order valence-electron chi connectivity index (χ0n) is 12.0. The molecule has 1 unspecified atom stereocenters. The van der Waals surface area contributed by atoms with Crippen molar-refractivity contribution in [1.82, 2.24) is 10.1 Å². The van der Waals surface area contributed by atoms with Crippen LogP contribution in [0.3, 0.4) is 0 Å². The maximum Gasteiger partial charge on any atom is 0.328 e. The number of carbonyl (C=O) groups excluding carboxylic acids is 1. The van der Waals surface area contributed by atoms with E-state index in [1.807, 2.05) is 36.6 Å². The average Bonchev–Trinajstić information content (AvgIpc) is 2.85. The number of thioether (sulfide) groups is 1. The van der Waals surface area contributed by atoms with E-state index in [-0.39, 0.29) is 23.5 Å². The van der Waals surface area contributed by atoms with Gasteiger partial charge < -0.3 is 4.52 Å². The normalized spacial score (nSPS) is 12.8. The van der Waals surface area contributed by atoms with Crippen molar-refractivity contribution in [3.8, 4) is 0 Å². The number of anilines is 1. The van der Waals surface area contributed by atoms with E-state index in [2.05, 4.69) is 15.5 Å². The Balaban J connectivity index is 2.08. The lowest BCUT2D eigenvalue weighted by Gasteiger charge is -2.12. The van der Waals surface area contributed by atoms with Crippen LogP contribution in [0.5, 0.6) is 0 Å². The van der Waals surface area contributed by atoms with Crippen LogP contribution in [0.2, 0.25) is 0 Å². The van der Waals surface area contributed by atoms with Crippen molar-refractivity contribution < 1.29 is 17.7 Å². The highest BCUT2D eigenvalue weighted by molar-refractivity contribution is 7.99. The molecule has 1 amide bonds. The van der Waals surface area contributed by atoms with Crippen molar-refractivity contribution in [2.45, 2.75) is 11.0 Å². The molecule has 0 spiro atoms. The molecule has 118 valence electrons. The van der Waals surface area contributed by atoms with Crippen molar-refractivity contribution in [3.05, 3.63) is 41.7 Å². The molecule has 7 nitrogen and oxygen atoms in total. The molecule has 22 heavy (non-hydrogen) atoms. The molecule has 1 N–H and O–H groups in total. The van der Waals surface area contributed by atoms with E-state index in [0.29, 0.717) is 0 Å². The number of nitrogens with one attached hydrogen (secondary N) is 1. The summed E-state index contributed by atoms with van der Waals surface area (Å²) in [7, 11) is -3.26. The first-order valence-electron chi connectivity index (χ1n) is 6.28. The van der Waals surface area contributed by atoms with Crippen molar-refractivity contribution in [3.63, 3.8) is 0 Å². The van der Waals surface area contributed by atoms with E-state index < -0.39 is 15.1 Å². The van der Waals surface area contributed by atoms with Crippen molar-refractivity contribution >= 4 is 33.5 Å².